The standard InChI is InChI=1S/C9H13ClN2/c1-3-12-9(4-5-11-12)6-8(2)7-10/h4-6H,3,7H2,1-2H3/b8-6-. The molecule has 2 nitrogen and oxygen atoms in total. The van der Waals surface area contributed by atoms with Crippen LogP contribution in [0, 0.1) is 0 Å². The van der Waals surface area contributed by atoms with Crippen LogP contribution in [0.1, 0.15) is 19.5 Å². The second kappa shape index (κ2) is 4.31. The van der Waals surface area contributed by atoms with E-state index in [1.54, 1.807) is 6.20 Å². The lowest BCUT2D eigenvalue weighted by atomic mass is 10.2. The molecule has 1 heterocycles. The van der Waals surface area contributed by atoms with Crippen molar-refractivity contribution in [2.24, 2.45) is 0 Å². The molecule has 0 N–H and O–H groups in total. The maximum Gasteiger partial charge on any atom is 0.0609 e. The van der Waals surface area contributed by atoms with Gasteiger partial charge in [-0.25, -0.2) is 0 Å². The lowest BCUT2D eigenvalue weighted by Crippen LogP contribution is -1.98. The summed E-state index contributed by atoms with van der Waals surface area (Å²) in [6, 6.07) is 1.99. The first kappa shape index (κ1) is 9.33. The largest absolute Gasteiger partial charge is 0.266 e. The van der Waals surface area contributed by atoms with Gasteiger partial charge >= 0.3 is 0 Å². The van der Waals surface area contributed by atoms with Gasteiger partial charge in [0.2, 0.25) is 0 Å². The lowest BCUT2D eigenvalue weighted by molar-refractivity contribution is 0.653. The van der Waals surface area contributed by atoms with Crippen LogP contribution in [0.15, 0.2) is 17.8 Å². The smallest absolute Gasteiger partial charge is 0.0609 e. The van der Waals surface area contributed by atoms with Crippen LogP contribution in [0.5, 0.6) is 0 Å². The first-order chi connectivity index (χ1) is 5.77. The van der Waals surface area contributed by atoms with Crippen molar-refractivity contribution in [1.82, 2.24) is 9.78 Å². The van der Waals surface area contributed by atoms with Gasteiger partial charge in [-0.05, 0) is 26.0 Å². The van der Waals surface area contributed by atoms with E-state index in [1.165, 1.54) is 0 Å². The molecule has 3 heteroatoms. The van der Waals surface area contributed by atoms with Gasteiger partial charge in [-0.2, -0.15) is 5.10 Å². The Kier molecular flexibility index (Phi) is 3.35. The number of allylic oxidation sites excluding steroid dienone is 1. The van der Waals surface area contributed by atoms with Gasteiger partial charge in [0.15, 0.2) is 0 Å². The summed E-state index contributed by atoms with van der Waals surface area (Å²) in [6.07, 6.45) is 3.86. The maximum absolute atomic E-state index is 5.67. The van der Waals surface area contributed by atoms with E-state index in [2.05, 4.69) is 18.1 Å². The molecule has 0 fully saturated rings. The van der Waals surface area contributed by atoms with Crippen LogP contribution < -0.4 is 0 Å². The molecule has 0 saturated heterocycles. The van der Waals surface area contributed by atoms with E-state index in [0.29, 0.717) is 5.88 Å². The first-order valence-electron chi connectivity index (χ1n) is 4.03. The Morgan fingerprint density at radius 3 is 3.08 bits per heavy atom. The highest BCUT2D eigenvalue weighted by Gasteiger charge is 1.96. The zero-order chi connectivity index (χ0) is 8.97. The van der Waals surface area contributed by atoms with E-state index in [9.17, 15) is 0 Å². The van der Waals surface area contributed by atoms with Gasteiger partial charge in [-0.3, -0.25) is 4.68 Å². The van der Waals surface area contributed by atoms with E-state index >= 15 is 0 Å². The Hall–Kier alpha value is -0.760. The fourth-order valence-corrected chi connectivity index (χ4v) is 1.10. The van der Waals surface area contributed by atoms with E-state index in [1.807, 2.05) is 17.7 Å². The van der Waals surface area contributed by atoms with Gasteiger partial charge < -0.3 is 0 Å². The summed E-state index contributed by atoms with van der Waals surface area (Å²) < 4.78 is 1.94. The Balaban J connectivity index is 2.87. The van der Waals surface area contributed by atoms with Crippen LogP contribution in [-0.2, 0) is 6.54 Å². The number of aromatic nitrogens is 2. The highest BCUT2D eigenvalue weighted by Crippen LogP contribution is 2.06. The summed E-state index contributed by atoms with van der Waals surface area (Å²) in [5, 5.41) is 4.15. The van der Waals surface area contributed by atoms with E-state index < -0.39 is 0 Å². The van der Waals surface area contributed by atoms with Crippen molar-refractivity contribution in [2.45, 2.75) is 20.4 Å². The van der Waals surface area contributed by atoms with Crippen LogP contribution in [0.3, 0.4) is 0 Å². The third kappa shape index (κ3) is 2.11. The third-order valence-corrected chi connectivity index (χ3v) is 2.08. The van der Waals surface area contributed by atoms with Crippen LogP contribution >= 0.6 is 11.6 Å². The molecule has 1 aromatic heterocycles. The summed E-state index contributed by atoms with van der Waals surface area (Å²) in [6.45, 7) is 4.98. The van der Waals surface area contributed by atoms with E-state index in [4.69, 9.17) is 11.6 Å². The zero-order valence-electron chi connectivity index (χ0n) is 7.42. The van der Waals surface area contributed by atoms with Crippen LogP contribution in [-0.4, -0.2) is 15.7 Å². The Morgan fingerprint density at radius 2 is 2.50 bits per heavy atom. The van der Waals surface area contributed by atoms with Crippen molar-refractivity contribution in [1.29, 1.82) is 0 Å². The maximum atomic E-state index is 5.67. The molecule has 0 atom stereocenters. The van der Waals surface area contributed by atoms with Crippen molar-refractivity contribution in [2.75, 3.05) is 5.88 Å². The molecule has 66 valence electrons. The van der Waals surface area contributed by atoms with Gasteiger partial charge in [0.05, 0.1) is 5.69 Å². The molecule has 0 saturated carbocycles. The molecule has 0 aromatic carbocycles. The van der Waals surface area contributed by atoms with Gasteiger partial charge in [0, 0.05) is 18.6 Å². The Bertz CT molecular complexity index is 276. The number of hydrogen-bond acceptors (Lipinski definition) is 1. The quantitative estimate of drug-likeness (QED) is 0.661. The summed E-state index contributed by atoms with van der Waals surface area (Å²) in [5.41, 5.74) is 2.28. The molecule has 0 bridgehead atoms. The fourth-order valence-electron chi connectivity index (χ4n) is 1.02. The summed E-state index contributed by atoms with van der Waals surface area (Å²) in [5.74, 6) is 0.578. The summed E-state index contributed by atoms with van der Waals surface area (Å²) in [4.78, 5) is 0. The predicted molar refractivity (Wildman–Crippen MR) is 52.3 cm³/mol. The molecule has 1 rings (SSSR count). The topological polar surface area (TPSA) is 17.8 Å². The average Bonchev–Trinajstić information content (AvgIpc) is 2.51. The van der Waals surface area contributed by atoms with Gasteiger partial charge in [-0.15, -0.1) is 11.6 Å². The molecule has 0 spiro atoms. The second-order valence-electron chi connectivity index (χ2n) is 2.70. The fraction of sp³-hybridized carbons (Fsp3) is 0.444. The first-order valence-corrected chi connectivity index (χ1v) is 4.56. The SMILES string of the molecule is CCn1nccc1/C=C(/C)CCl. The van der Waals surface area contributed by atoms with Crippen LogP contribution in [0.2, 0.25) is 0 Å². The molecular weight excluding hydrogens is 172 g/mol. The number of hydrogen-bond donors (Lipinski definition) is 0. The van der Waals surface area contributed by atoms with Crippen molar-refractivity contribution >= 4 is 17.7 Å². The predicted octanol–water partition coefficient (Wildman–Crippen LogP) is 2.55. The average molecular weight is 185 g/mol. The van der Waals surface area contributed by atoms with E-state index in [-0.39, 0.29) is 0 Å². The highest BCUT2D eigenvalue weighted by atomic mass is 35.5. The molecular formula is C9H13ClN2. The zero-order valence-corrected chi connectivity index (χ0v) is 8.17. The molecule has 0 aliphatic rings. The van der Waals surface area contributed by atoms with Gasteiger partial charge in [-0.1, -0.05) is 5.57 Å². The number of alkyl halides is 1. The molecule has 0 aliphatic carbocycles. The van der Waals surface area contributed by atoms with Gasteiger partial charge in [0.25, 0.3) is 0 Å². The second-order valence-corrected chi connectivity index (χ2v) is 2.96. The minimum atomic E-state index is 0.578. The third-order valence-electron chi connectivity index (χ3n) is 1.65. The molecule has 0 aliphatic heterocycles. The van der Waals surface area contributed by atoms with Gasteiger partial charge in [0.1, 0.15) is 0 Å². The molecule has 0 amide bonds. The van der Waals surface area contributed by atoms with Crippen LogP contribution in [0.25, 0.3) is 6.08 Å². The molecule has 12 heavy (non-hydrogen) atoms. The minimum absolute atomic E-state index is 0.578. The number of halogens is 1. The number of nitrogens with zero attached hydrogens (tertiary/aromatic N) is 2. The van der Waals surface area contributed by atoms with Crippen molar-refractivity contribution in [3.8, 4) is 0 Å². The lowest BCUT2D eigenvalue weighted by Gasteiger charge is -1.99. The minimum Gasteiger partial charge on any atom is -0.266 e. The number of aryl methyl sites for hydroxylation is 1. The normalized spacial score (nSPS) is 12.1. The monoisotopic (exact) mass is 184 g/mol. The van der Waals surface area contributed by atoms with Crippen LogP contribution in [0.4, 0.5) is 0 Å². The highest BCUT2D eigenvalue weighted by molar-refractivity contribution is 6.19. The number of rotatable bonds is 3. The summed E-state index contributed by atoms with van der Waals surface area (Å²) >= 11 is 5.67. The van der Waals surface area contributed by atoms with Crippen molar-refractivity contribution in [3.63, 3.8) is 0 Å². The molecule has 1 aromatic rings. The molecule has 0 radical (unpaired) electrons. The Morgan fingerprint density at radius 1 is 1.75 bits per heavy atom. The van der Waals surface area contributed by atoms with Crippen molar-refractivity contribution < 1.29 is 0 Å². The van der Waals surface area contributed by atoms with E-state index in [0.717, 1.165) is 17.8 Å². The summed E-state index contributed by atoms with van der Waals surface area (Å²) in [7, 11) is 0. The molecule has 0 unspecified atom stereocenters. The Labute approximate surface area is 77.8 Å². The van der Waals surface area contributed by atoms with Crippen molar-refractivity contribution in [3.05, 3.63) is 23.5 Å².